The molecule has 0 saturated heterocycles. The summed E-state index contributed by atoms with van der Waals surface area (Å²) < 4.78 is 12.2. The van der Waals surface area contributed by atoms with Gasteiger partial charge in [-0.2, -0.15) is 5.10 Å². The average molecular weight is 419 g/mol. The van der Waals surface area contributed by atoms with E-state index in [2.05, 4.69) is 20.4 Å². The van der Waals surface area contributed by atoms with Crippen molar-refractivity contribution in [2.75, 3.05) is 19.5 Å². The highest BCUT2D eigenvalue weighted by Crippen LogP contribution is 2.32. The Bertz CT molecular complexity index is 1280. The summed E-state index contributed by atoms with van der Waals surface area (Å²) in [5.41, 5.74) is 2.13. The number of nitrogens with zero attached hydrogens (tertiary/aromatic N) is 4. The summed E-state index contributed by atoms with van der Waals surface area (Å²) >= 11 is 0. The van der Waals surface area contributed by atoms with Crippen molar-refractivity contribution < 1.29 is 24.2 Å². The van der Waals surface area contributed by atoms with E-state index in [4.69, 9.17) is 14.6 Å². The Morgan fingerprint density at radius 1 is 1.00 bits per heavy atom. The Kier molecular flexibility index (Phi) is 5.19. The zero-order valence-electron chi connectivity index (χ0n) is 16.6. The van der Waals surface area contributed by atoms with Crippen LogP contribution in [0, 0.1) is 0 Å². The smallest absolute Gasteiger partial charge is 0.337 e. The maximum atomic E-state index is 12.6. The van der Waals surface area contributed by atoms with Crippen molar-refractivity contribution in [2.24, 2.45) is 0 Å². The molecule has 0 saturated carbocycles. The molecule has 3 heterocycles. The molecular weight excluding hydrogens is 402 g/mol. The lowest BCUT2D eigenvalue weighted by Crippen LogP contribution is -2.14. The van der Waals surface area contributed by atoms with Crippen LogP contribution in [-0.4, -0.2) is 50.8 Å². The number of methoxy groups -OCH3 is 2. The van der Waals surface area contributed by atoms with Crippen LogP contribution in [-0.2, 0) is 0 Å². The Morgan fingerprint density at radius 2 is 1.81 bits per heavy atom. The number of carbonyl (C=O) groups excluding carboxylic acids is 1. The second-order valence-corrected chi connectivity index (χ2v) is 6.39. The highest BCUT2D eigenvalue weighted by molar-refractivity contribution is 6.03. The van der Waals surface area contributed by atoms with Gasteiger partial charge >= 0.3 is 5.97 Å². The number of carboxylic acids is 1. The van der Waals surface area contributed by atoms with E-state index in [-0.39, 0.29) is 17.1 Å². The minimum Gasteiger partial charge on any atom is -0.493 e. The third-order valence-electron chi connectivity index (χ3n) is 4.52. The van der Waals surface area contributed by atoms with Crippen LogP contribution in [0.5, 0.6) is 11.5 Å². The Balaban J connectivity index is 1.66. The molecule has 0 aliphatic carbocycles. The molecule has 31 heavy (non-hydrogen) atoms. The molecular formula is C21H17N5O5. The van der Waals surface area contributed by atoms with Gasteiger partial charge in [-0.25, -0.2) is 19.3 Å². The van der Waals surface area contributed by atoms with Crippen LogP contribution in [0.2, 0.25) is 0 Å². The van der Waals surface area contributed by atoms with E-state index in [0.29, 0.717) is 22.8 Å². The lowest BCUT2D eigenvalue weighted by molar-refractivity contribution is 0.0696. The molecule has 156 valence electrons. The molecule has 1 amide bonds. The first-order valence-electron chi connectivity index (χ1n) is 9.08. The number of carboxylic acid groups (broad SMARTS) is 1. The molecule has 0 radical (unpaired) electrons. The lowest BCUT2D eigenvalue weighted by atomic mass is 10.1. The summed E-state index contributed by atoms with van der Waals surface area (Å²) in [6.45, 7) is 0. The minimum atomic E-state index is -1.10. The molecule has 0 spiro atoms. The summed E-state index contributed by atoms with van der Waals surface area (Å²) in [5.74, 6) is -0.233. The molecule has 4 rings (SSSR count). The fraction of sp³-hybridized carbons (Fsp3) is 0.0952. The van der Waals surface area contributed by atoms with Crippen molar-refractivity contribution in [2.45, 2.75) is 0 Å². The molecule has 0 atom stereocenters. The summed E-state index contributed by atoms with van der Waals surface area (Å²) in [7, 11) is 3.11. The van der Waals surface area contributed by atoms with E-state index in [0.717, 1.165) is 5.56 Å². The number of hydrogen-bond donors (Lipinski definition) is 2. The predicted molar refractivity (Wildman–Crippen MR) is 111 cm³/mol. The molecule has 4 aromatic rings. The molecule has 0 bridgehead atoms. The monoisotopic (exact) mass is 419 g/mol. The zero-order chi connectivity index (χ0) is 22.0. The van der Waals surface area contributed by atoms with Gasteiger partial charge in [0, 0.05) is 24.0 Å². The minimum absolute atomic E-state index is 0.0227. The van der Waals surface area contributed by atoms with Gasteiger partial charge in [0.1, 0.15) is 5.82 Å². The summed E-state index contributed by atoms with van der Waals surface area (Å²) in [4.78, 5) is 31.7. The lowest BCUT2D eigenvalue weighted by Gasteiger charge is -2.10. The highest BCUT2D eigenvalue weighted by atomic mass is 16.5. The molecule has 10 nitrogen and oxygen atoms in total. The number of fused-ring (bicyclic) bond motifs is 1. The molecule has 2 N–H and O–H groups in total. The largest absolute Gasteiger partial charge is 0.493 e. The molecule has 3 aromatic heterocycles. The van der Waals surface area contributed by atoms with Gasteiger partial charge in [0.2, 0.25) is 0 Å². The van der Waals surface area contributed by atoms with Crippen molar-refractivity contribution in [3.05, 3.63) is 66.1 Å². The second-order valence-electron chi connectivity index (χ2n) is 6.39. The molecule has 10 heteroatoms. The molecule has 0 fully saturated rings. The summed E-state index contributed by atoms with van der Waals surface area (Å²) in [5, 5.41) is 15.9. The van der Waals surface area contributed by atoms with E-state index in [1.165, 1.54) is 18.3 Å². The van der Waals surface area contributed by atoms with Crippen molar-refractivity contribution >= 4 is 23.3 Å². The van der Waals surface area contributed by atoms with Gasteiger partial charge in [-0.1, -0.05) is 0 Å². The fourth-order valence-electron chi connectivity index (χ4n) is 3.00. The van der Waals surface area contributed by atoms with Crippen molar-refractivity contribution in [1.82, 2.24) is 19.6 Å². The number of rotatable bonds is 6. The first-order chi connectivity index (χ1) is 15.0. The van der Waals surface area contributed by atoms with Crippen molar-refractivity contribution in [3.8, 4) is 22.8 Å². The Labute approximate surface area is 176 Å². The van der Waals surface area contributed by atoms with Crippen LogP contribution in [0.15, 0.2) is 54.9 Å². The number of hydrogen-bond acceptors (Lipinski definition) is 7. The first-order valence-corrected chi connectivity index (χ1v) is 9.08. The number of benzene rings is 1. The average Bonchev–Trinajstić information content (AvgIpc) is 3.23. The zero-order valence-corrected chi connectivity index (χ0v) is 16.6. The van der Waals surface area contributed by atoms with E-state index in [1.54, 1.807) is 43.1 Å². The third-order valence-corrected chi connectivity index (χ3v) is 4.52. The number of carbonyl (C=O) groups is 2. The number of aromatic nitrogens is 4. The number of pyridine rings is 1. The van der Waals surface area contributed by atoms with E-state index < -0.39 is 11.9 Å². The van der Waals surface area contributed by atoms with Gasteiger partial charge in [-0.3, -0.25) is 4.79 Å². The van der Waals surface area contributed by atoms with Gasteiger partial charge in [0.05, 0.1) is 25.5 Å². The van der Waals surface area contributed by atoms with Gasteiger partial charge in [-0.15, -0.1) is 0 Å². The van der Waals surface area contributed by atoms with E-state index >= 15 is 0 Å². The summed E-state index contributed by atoms with van der Waals surface area (Å²) in [6.07, 6.45) is 2.79. The SMILES string of the molecule is COc1ccc(-c2ccnc3cc(C(=O)Nc4ccc(C(=O)O)cn4)nn23)cc1OC. The van der Waals surface area contributed by atoms with E-state index in [9.17, 15) is 9.59 Å². The van der Waals surface area contributed by atoms with Crippen LogP contribution in [0.1, 0.15) is 20.8 Å². The van der Waals surface area contributed by atoms with Crippen LogP contribution >= 0.6 is 0 Å². The highest BCUT2D eigenvalue weighted by Gasteiger charge is 2.16. The van der Waals surface area contributed by atoms with Crippen LogP contribution in [0.25, 0.3) is 16.9 Å². The Hall–Kier alpha value is -4.47. The third kappa shape index (κ3) is 3.86. The number of ether oxygens (including phenoxy) is 2. The number of amides is 1. The van der Waals surface area contributed by atoms with Gasteiger partial charge < -0.3 is 19.9 Å². The first kappa shape index (κ1) is 19.8. The maximum absolute atomic E-state index is 12.6. The van der Waals surface area contributed by atoms with Crippen molar-refractivity contribution in [1.29, 1.82) is 0 Å². The topological polar surface area (TPSA) is 128 Å². The number of aromatic carboxylic acids is 1. The van der Waals surface area contributed by atoms with E-state index in [1.807, 2.05) is 12.1 Å². The Morgan fingerprint density at radius 3 is 2.48 bits per heavy atom. The van der Waals surface area contributed by atoms with Crippen molar-refractivity contribution in [3.63, 3.8) is 0 Å². The molecule has 0 unspecified atom stereocenters. The normalized spacial score (nSPS) is 10.6. The maximum Gasteiger partial charge on any atom is 0.337 e. The molecule has 1 aromatic carbocycles. The molecule has 0 aliphatic rings. The predicted octanol–water partition coefficient (Wildman–Crippen LogP) is 2.76. The number of anilines is 1. The van der Waals surface area contributed by atoms with Crippen LogP contribution in [0.4, 0.5) is 5.82 Å². The number of nitrogens with one attached hydrogen (secondary N) is 1. The summed E-state index contributed by atoms with van der Waals surface area (Å²) in [6, 6.07) is 11.5. The van der Waals surface area contributed by atoms with Gasteiger partial charge in [0.25, 0.3) is 5.91 Å². The fourth-order valence-corrected chi connectivity index (χ4v) is 3.00. The second kappa shape index (κ2) is 8.11. The van der Waals surface area contributed by atoms with Gasteiger partial charge in [0.15, 0.2) is 22.8 Å². The molecule has 0 aliphatic heterocycles. The van der Waals surface area contributed by atoms with Gasteiger partial charge in [-0.05, 0) is 36.4 Å². The quantitative estimate of drug-likeness (QED) is 0.488. The standard InChI is InChI=1S/C21H17N5O5/c1-30-16-5-3-12(9-17(16)31-2)15-7-8-22-19-10-14(25-26(15)19)20(27)24-18-6-4-13(11-23-18)21(28)29/h3-11H,1-2H3,(H,28,29)(H,23,24,27). The van der Waals surface area contributed by atoms with Crippen LogP contribution < -0.4 is 14.8 Å². The van der Waals surface area contributed by atoms with Crippen LogP contribution in [0.3, 0.4) is 0 Å².